The molecule has 1 N–H and O–H groups in total. The van der Waals surface area contributed by atoms with Gasteiger partial charge in [0.1, 0.15) is 0 Å². The van der Waals surface area contributed by atoms with Crippen molar-refractivity contribution < 1.29 is 14.7 Å². The number of hydrogen-bond acceptors (Lipinski definition) is 2. The summed E-state index contributed by atoms with van der Waals surface area (Å²) in [5.41, 5.74) is 4.86. The molecular formula is C21H21NO3. The first-order valence-electron chi connectivity index (χ1n) is 8.85. The molecule has 2 aliphatic rings. The molecule has 0 bridgehead atoms. The van der Waals surface area contributed by atoms with Crippen LogP contribution in [0.1, 0.15) is 51.4 Å². The summed E-state index contributed by atoms with van der Waals surface area (Å²) >= 11 is 0. The lowest BCUT2D eigenvalue weighted by atomic mass is 9.81. The first kappa shape index (κ1) is 15.9. The van der Waals surface area contributed by atoms with Crippen molar-refractivity contribution in [3.63, 3.8) is 0 Å². The van der Waals surface area contributed by atoms with E-state index in [0.717, 1.165) is 36.8 Å². The minimum Gasteiger partial charge on any atom is -0.478 e. The van der Waals surface area contributed by atoms with Crippen LogP contribution in [0.25, 0.3) is 0 Å². The Balaban J connectivity index is 1.59. The van der Waals surface area contributed by atoms with Gasteiger partial charge in [0.2, 0.25) is 5.91 Å². The molecule has 128 valence electrons. The van der Waals surface area contributed by atoms with E-state index in [9.17, 15) is 14.7 Å². The molecule has 4 nitrogen and oxygen atoms in total. The number of aryl methyl sites for hydroxylation is 1. The second kappa shape index (κ2) is 6.36. The number of benzene rings is 2. The Bertz CT molecular complexity index is 843. The number of hydrogen-bond donors (Lipinski definition) is 1. The number of rotatable bonds is 2. The van der Waals surface area contributed by atoms with Crippen LogP contribution >= 0.6 is 0 Å². The van der Waals surface area contributed by atoms with Crippen molar-refractivity contribution in [2.45, 2.75) is 38.1 Å². The Kier molecular flexibility index (Phi) is 4.04. The molecule has 1 unspecified atom stereocenters. The molecule has 0 spiro atoms. The average Bonchev–Trinajstić information content (AvgIpc) is 2.66. The minimum absolute atomic E-state index is 0.0610. The lowest BCUT2D eigenvalue weighted by molar-refractivity contribution is -0.134. The van der Waals surface area contributed by atoms with Crippen molar-refractivity contribution in [1.82, 2.24) is 4.90 Å². The van der Waals surface area contributed by atoms with E-state index in [1.165, 1.54) is 11.1 Å². The van der Waals surface area contributed by atoms with E-state index in [1.807, 2.05) is 23.1 Å². The van der Waals surface area contributed by atoms with E-state index in [4.69, 9.17) is 0 Å². The number of carboxylic acids is 1. The number of carboxylic acid groups (broad SMARTS) is 1. The predicted octanol–water partition coefficient (Wildman–Crippen LogP) is 3.39. The number of nitrogens with zero attached hydrogens (tertiary/aromatic N) is 1. The van der Waals surface area contributed by atoms with Gasteiger partial charge in [0.25, 0.3) is 0 Å². The summed E-state index contributed by atoms with van der Waals surface area (Å²) < 4.78 is 0. The first-order chi connectivity index (χ1) is 12.1. The molecule has 0 fully saturated rings. The van der Waals surface area contributed by atoms with Crippen LogP contribution in [0.15, 0.2) is 42.5 Å². The van der Waals surface area contributed by atoms with Crippen LogP contribution in [0.4, 0.5) is 0 Å². The van der Waals surface area contributed by atoms with Gasteiger partial charge in [-0.15, -0.1) is 0 Å². The van der Waals surface area contributed by atoms with Crippen LogP contribution in [0, 0.1) is 0 Å². The quantitative estimate of drug-likeness (QED) is 0.915. The molecular weight excluding hydrogens is 314 g/mol. The third-order valence-corrected chi connectivity index (χ3v) is 5.44. The van der Waals surface area contributed by atoms with Crippen LogP contribution in [-0.4, -0.2) is 28.4 Å². The summed E-state index contributed by atoms with van der Waals surface area (Å²) in [5, 5.41) is 9.19. The summed E-state index contributed by atoms with van der Waals surface area (Å²) in [6, 6.07) is 13.5. The molecule has 1 heterocycles. The van der Waals surface area contributed by atoms with E-state index in [1.54, 1.807) is 12.1 Å². The molecule has 4 heteroatoms. The van der Waals surface area contributed by atoms with E-state index in [-0.39, 0.29) is 17.4 Å². The van der Waals surface area contributed by atoms with E-state index >= 15 is 0 Å². The van der Waals surface area contributed by atoms with Crippen molar-refractivity contribution in [3.05, 3.63) is 70.3 Å². The highest BCUT2D eigenvalue weighted by atomic mass is 16.4. The van der Waals surface area contributed by atoms with Crippen molar-refractivity contribution in [2.24, 2.45) is 0 Å². The monoisotopic (exact) mass is 335 g/mol. The summed E-state index contributed by atoms with van der Waals surface area (Å²) in [6.45, 7) is 1.21. The van der Waals surface area contributed by atoms with Crippen LogP contribution in [0.2, 0.25) is 0 Å². The molecule has 0 aromatic heterocycles. The van der Waals surface area contributed by atoms with Gasteiger partial charge in [-0.25, -0.2) is 4.79 Å². The normalized spacial score (nSPS) is 19.0. The molecule has 1 aliphatic heterocycles. The van der Waals surface area contributed by atoms with Crippen LogP contribution < -0.4 is 0 Å². The maximum Gasteiger partial charge on any atom is 0.335 e. The fourth-order valence-corrected chi connectivity index (χ4v) is 4.11. The zero-order chi connectivity index (χ0) is 17.4. The molecule has 4 rings (SSSR count). The van der Waals surface area contributed by atoms with Gasteiger partial charge in [0, 0.05) is 13.1 Å². The standard InChI is InChI=1S/C21H21NO3/c23-20(19-7-3-5-15-4-1-2-6-18(15)19)22-11-10-14-8-9-16(21(24)25)12-17(14)13-22/h1-2,4,6,8-9,12,19H,3,5,7,10-11,13H2,(H,24,25). The van der Waals surface area contributed by atoms with E-state index in [0.29, 0.717) is 13.1 Å². The zero-order valence-corrected chi connectivity index (χ0v) is 14.1. The average molecular weight is 335 g/mol. The molecule has 2 aromatic carbocycles. The SMILES string of the molecule is O=C(O)c1ccc2c(c1)CN(C(=O)C1CCCc3ccccc31)CC2. The van der Waals surface area contributed by atoms with Gasteiger partial charge < -0.3 is 10.0 Å². The minimum atomic E-state index is -0.924. The van der Waals surface area contributed by atoms with Crippen molar-refractivity contribution >= 4 is 11.9 Å². The smallest absolute Gasteiger partial charge is 0.335 e. The van der Waals surface area contributed by atoms with Crippen LogP contribution in [0.3, 0.4) is 0 Å². The van der Waals surface area contributed by atoms with Crippen molar-refractivity contribution in [2.75, 3.05) is 6.54 Å². The summed E-state index contributed by atoms with van der Waals surface area (Å²) in [5.74, 6) is -0.805. The molecule has 2 aromatic rings. The maximum absolute atomic E-state index is 13.2. The van der Waals surface area contributed by atoms with Gasteiger partial charge in [-0.3, -0.25) is 4.79 Å². The van der Waals surface area contributed by atoms with Crippen molar-refractivity contribution in [1.29, 1.82) is 0 Å². The van der Waals surface area contributed by atoms with Crippen LogP contribution in [0.5, 0.6) is 0 Å². The number of carbonyl (C=O) groups is 2. The second-order valence-corrected chi connectivity index (χ2v) is 6.94. The molecule has 1 amide bonds. The van der Waals surface area contributed by atoms with Gasteiger partial charge in [-0.2, -0.15) is 0 Å². The van der Waals surface area contributed by atoms with Gasteiger partial charge in [-0.1, -0.05) is 30.3 Å². The van der Waals surface area contributed by atoms with Gasteiger partial charge in [-0.05, 0) is 60.1 Å². The van der Waals surface area contributed by atoms with E-state index < -0.39 is 5.97 Å². The van der Waals surface area contributed by atoms with E-state index in [2.05, 4.69) is 12.1 Å². The largest absolute Gasteiger partial charge is 0.478 e. The number of carbonyl (C=O) groups excluding carboxylic acids is 1. The maximum atomic E-state index is 13.2. The molecule has 25 heavy (non-hydrogen) atoms. The molecule has 1 atom stereocenters. The number of amides is 1. The zero-order valence-electron chi connectivity index (χ0n) is 14.1. The first-order valence-corrected chi connectivity index (χ1v) is 8.85. The highest BCUT2D eigenvalue weighted by molar-refractivity contribution is 5.88. The topological polar surface area (TPSA) is 57.6 Å². The number of fused-ring (bicyclic) bond motifs is 2. The molecule has 0 saturated heterocycles. The summed E-state index contributed by atoms with van der Waals surface area (Å²) in [4.78, 5) is 26.3. The Morgan fingerprint density at radius 3 is 2.68 bits per heavy atom. The Morgan fingerprint density at radius 2 is 1.84 bits per heavy atom. The highest BCUT2D eigenvalue weighted by Crippen LogP contribution is 2.34. The van der Waals surface area contributed by atoms with Crippen molar-refractivity contribution in [3.8, 4) is 0 Å². The summed E-state index contributed by atoms with van der Waals surface area (Å²) in [7, 11) is 0. The Morgan fingerprint density at radius 1 is 1.00 bits per heavy atom. The highest BCUT2D eigenvalue weighted by Gasteiger charge is 2.31. The Hall–Kier alpha value is -2.62. The second-order valence-electron chi connectivity index (χ2n) is 6.94. The molecule has 0 radical (unpaired) electrons. The third kappa shape index (κ3) is 2.93. The summed E-state index contributed by atoms with van der Waals surface area (Å²) in [6.07, 6.45) is 3.77. The number of aromatic carboxylic acids is 1. The van der Waals surface area contributed by atoms with Gasteiger partial charge in [0.05, 0.1) is 11.5 Å². The van der Waals surface area contributed by atoms with Gasteiger partial charge >= 0.3 is 5.97 Å². The van der Waals surface area contributed by atoms with Gasteiger partial charge in [0.15, 0.2) is 0 Å². The molecule has 1 aliphatic carbocycles. The third-order valence-electron chi connectivity index (χ3n) is 5.44. The lowest BCUT2D eigenvalue weighted by Gasteiger charge is -2.34. The Labute approximate surface area is 147 Å². The lowest BCUT2D eigenvalue weighted by Crippen LogP contribution is -2.40. The molecule has 0 saturated carbocycles. The predicted molar refractivity (Wildman–Crippen MR) is 94.6 cm³/mol. The fraction of sp³-hybridized carbons (Fsp3) is 0.333. The van der Waals surface area contributed by atoms with Crippen LogP contribution in [-0.2, 0) is 24.2 Å². The fourth-order valence-electron chi connectivity index (χ4n) is 4.11.